The lowest BCUT2D eigenvalue weighted by molar-refractivity contribution is 0.101. The third-order valence-electron chi connectivity index (χ3n) is 1.33. The molecule has 0 fully saturated rings. The molecule has 0 aliphatic heterocycles. The van der Waals surface area contributed by atoms with Crippen LogP contribution >= 0.6 is 0 Å². The molecule has 0 amide bonds. The first-order valence-electron chi connectivity index (χ1n) is 3.64. The van der Waals surface area contributed by atoms with E-state index in [2.05, 4.69) is 9.97 Å². The quantitative estimate of drug-likeness (QED) is 0.668. The van der Waals surface area contributed by atoms with E-state index in [1.165, 1.54) is 6.33 Å². The maximum atomic E-state index is 8.68. The summed E-state index contributed by atoms with van der Waals surface area (Å²) >= 11 is 0. The van der Waals surface area contributed by atoms with Gasteiger partial charge in [0.05, 0.1) is 6.07 Å². The summed E-state index contributed by atoms with van der Waals surface area (Å²) < 4.78 is 5.14. The minimum absolute atomic E-state index is 0.507. The molecule has 0 aromatic carbocycles. The Balaban J connectivity index is 2.75. The molecule has 1 aromatic heterocycles. The van der Waals surface area contributed by atoms with Gasteiger partial charge in [-0.2, -0.15) is 5.26 Å². The highest BCUT2D eigenvalue weighted by Crippen LogP contribution is 2.12. The fraction of sp³-hybridized carbons (Fsp3) is 0.375. The summed E-state index contributed by atoms with van der Waals surface area (Å²) in [6.07, 6.45) is 4.04. The fourth-order valence-electron chi connectivity index (χ4n) is 0.821. The molecule has 0 saturated heterocycles. The van der Waals surface area contributed by atoms with Gasteiger partial charge in [0.15, 0.2) is 6.10 Å². The first-order valence-corrected chi connectivity index (χ1v) is 3.64. The van der Waals surface area contributed by atoms with E-state index in [0.717, 1.165) is 0 Å². The van der Waals surface area contributed by atoms with Crippen LogP contribution in [0.3, 0.4) is 0 Å². The van der Waals surface area contributed by atoms with Gasteiger partial charge in [-0.05, 0) is 6.92 Å². The number of hydrogen-bond acceptors (Lipinski definition) is 4. The molecule has 1 aromatic rings. The molecular weight excluding hydrogens is 154 g/mol. The molecule has 4 heteroatoms. The number of nitriles is 1. The summed E-state index contributed by atoms with van der Waals surface area (Å²) in [6, 6.07) is 2.02. The van der Waals surface area contributed by atoms with Gasteiger partial charge in [0.25, 0.3) is 0 Å². The molecule has 0 radical (unpaired) electrons. The van der Waals surface area contributed by atoms with Gasteiger partial charge < -0.3 is 4.74 Å². The van der Waals surface area contributed by atoms with Gasteiger partial charge >= 0.3 is 0 Å². The van der Waals surface area contributed by atoms with Gasteiger partial charge in [-0.1, -0.05) is 0 Å². The lowest BCUT2D eigenvalue weighted by Crippen LogP contribution is -2.02. The third-order valence-corrected chi connectivity index (χ3v) is 1.33. The average molecular weight is 163 g/mol. The van der Waals surface area contributed by atoms with Crippen LogP contribution in [0, 0.1) is 11.3 Å². The molecule has 0 aliphatic rings. The van der Waals surface area contributed by atoms with Crippen LogP contribution in [0.4, 0.5) is 0 Å². The molecule has 1 rings (SSSR count). The highest BCUT2D eigenvalue weighted by molar-refractivity contribution is 5.14. The van der Waals surface area contributed by atoms with E-state index in [4.69, 9.17) is 10.00 Å². The second-order valence-electron chi connectivity index (χ2n) is 2.14. The van der Waals surface area contributed by atoms with Gasteiger partial charge in [0, 0.05) is 24.6 Å². The molecule has 0 saturated carbocycles. The molecule has 0 aliphatic carbocycles. The topological polar surface area (TPSA) is 58.8 Å². The summed E-state index contributed by atoms with van der Waals surface area (Å²) in [5, 5.41) is 8.68. The number of hydrogen-bond donors (Lipinski definition) is 0. The normalized spacial score (nSPS) is 12.0. The van der Waals surface area contributed by atoms with Crippen LogP contribution in [0.25, 0.3) is 0 Å². The monoisotopic (exact) mass is 163 g/mol. The van der Waals surface area contributed by atoms with Crippen molar-refractivity contribution in [3.63, 3.8) is 0 Å². The number of rotatable bonds is 3. The zero-order chi connectivity index (χ0) is 8.81. The van der Waals surface area contributed by atoms with E-state index < -0.39 is 6.10 Å². The summed E-state index contributed by atoms with van der Waals surface area (Å²) in [5.41, 5.74) is 0.696. The van der Waals surface area contributed by atoms with Crippen LogP contribution in [0.15, 0.2) is 18.7 Å². The number of ether oxygens (including phenoxy) is 1. The number of nitrogens with zero attached hydrogens (tertiary/aromatic N) is 3. The second kappa shape index (κ2) is 4.42. The van der Waals surface area contributed by atoms with Gasteiger partial charge in [-0.25, -0.2) is 9.97 Å². The Kier molecular flexibility index (Phi) is 3.17. The molecule has 1 unspecified atom stereocenters. The molecule has 1 heterocycles. The zero-order valence-electron chi connectivity index (χ0n) is 6.77. The molecule has 0 N–H and O–H groups in total. The largest absolute Gasteiger partial charge is 0.359 e. The second-order valence-corrected chi connectivity index (χ2v) is 2.14. The summed E-state index contributed by atoms with van der Waals surface area (Å²) in [5.74, 6) is 0. The number of aromatic nitrogens is 2. The minimum atomic E-state index is -0.545. The third kappa shape index (κ3) is 2.01. The average Bonchev–Trinajstić information content (AvgIpc) is 2.15. The van der Waals surface area contributed by atoms with E-state index in [1.54, 1.807) is 12.4 Å². The van der Waals surface area contributed by atoms with E-state index >= 15 is 0 Å². The van der Waals surface area contributed by atoms with Crippen molar-refractivity contribution < 1.29 is 4.74 Å². The molecule has 1 atom stereocenters. The lowest BCUT2D eigenvalue weighted by atomic mass is 10.2. The van der Waals surface area contributed by atoms with Crippen molar-refractivity contribution in [2.75, 3.05) is 6.61 Å². The Bertz CT molecular complexity index is 267. The first-order chi connectivity index (χ1) is 5.88. The Hall–Kier alpha value is -1.47. The summed E-state index contributed by atoms with van der Waals surface area (Å²) in [7, 11) is 0. The predicted molar refractivity (Wildman–Crippen MR) is 42.0 cm³/mol. The molecule has 62 valence electrons. The molecule has 0 spiro atoms. The van der Waals surface area contributed by atoms with Crippen LogP contribution in [-0.2, 0) is 4.74 Å². The van der Waals surface area contributed by atoms with E-state index in [-0.39, 0.29) is 0 Å². The lowest BCUT2D eigenvalue weighted by Gasteiger charge is -2.06. The standard InChI is InChI=1S/C8H9N3O/c1-2-12-8(3-9)7-4-10-6-11-5-7/h4-6,8H,2H2,1H3. The van der Waals surface area contributed by atoms with Crippen molar-refractivity contribution in [2.24, 2.45) is 0 Å². The van der Waals surface area contributed by atoms with E-state index in [1.807, 2.05) is 13.0 Å². The van der Waals surface area contributed by atoms with Crippen molar-refractivity contribution in [1.82, 2.24) is 9.97 Å². The highest BCUT2D eigenvalue weighted by atomic mass is 16.5. The Morgan fingerprint density at radius 2 is 2.25 bits per heavy atom. The summed E-state index contributed by atoms with van der Waals surface area (Å²) in [4.78, 5) is 7.59. The van der Waals surface area contributed by atoms with Crippen LogP contribution in [0.5, 0.6) is 0 Å². The Morgan fingerprint density at radius 3 is 2.75 bits per heavy atom. The zero-order valence-corrected chi connectivity index (χ0v) is 6.77. The Labute approximate surface area is 70.8 Å². The Morgan fingerprint density at radius 1 is 1.58 bits per heavy atom. The smallest absolute Gasteiger partial charge is 0.172 e. The van der Waals surface area contributed by atoms with Crippen LogP contribution in [0.1, 0.15) is 18.6 Å². The summed E-state index contributed by atoms with van der Waals surface area (Å²) in [6.45, 7) is 2.35. The van der Waals surface area contributed by atoms with Gasteiger partial charge in [-0.15, -0.1) is 0 Å². The highest BCUT2D eigenvalue weighted by Gasteiger charge is 2.09. The van der Waals surface area contributed by atoms with Crippen molar-refractivity contribution in [3.05, 3.63) is 24.3 Å². The maximum Gasteiger partial charge on any atom is 0.172 e. The van der Waals surface area contributed by atoms with Gasteiger partial charge in [0.1, 0.15) is 6.33 Å². The van der Waals surface area contributed by atoms with Crippen molar-refractivity contribution in [2.45, 2.75) is 13.0 Å². The van der Waals surface area contributed by atoms with Crippen molar-refractivity contribution in [3.8, 4) is 6.07 Å². The molecule has 0 bridgehead atoms. The minimum Gasteiger partial charge on any atom is -0.359 e. The van der Waals surface area contributed by atoms with Gasteiger partial charge in [0.2, 0.25) is 0 Å². The van der Waals surface area contributed by atoms with Crippen molar-refractivity contribution in [1.29, 1.82) is 5.26 Å². The van der Waals surface area contributed by atoms with Crippen LogP contribution in [0.2, 0.25) is 0 Å². The van der Waals surface area contributed by atoms with E-state index in [9.17, 15) is 0 Å². The molecule has 12 heavy (non-hydrogen) atoms. The molecular formula is C8H9N3O. The van der Waals surface area contributed by atoms with Crippen LogP contribution < -0.4 is 0 Å². The fourth-order valence-corrected chi connectivity index (χ4v) is 0.821. The first kappa shape index (κ1) is 8.62. The van der Waals surface area contributed by atoms with E-state index in [0.29, 0.717) is 12.2 Å². The van der Waals surface area contributed by atoms with Gasteiger partial charge in [-0.3, -0.25) is 0 Å². The maximum absolute atomic E-state index is 8.68. The van der Waals surface area contributed by atoms with Crippen molar-refractivity contribution >= 4 is 0 Å². The SMILES string of the molecule is CCOC(C#N)c1cncnc1. The predicted octanol–water partition coefficient (Wildman–Crippen LogP) is 1.08. The van der Waals surface area contributed by atoms with Crippen LogP contribution in [-0.4, -0.2) is 16.6 Å². The molecule has 4 nitrogen and oxygen atoms in total.